The second-order valence-corrected chi connectivity index (χ2v) is 4.36. The summed E-state index contributed by atoms with van der Waals surface area (Å²) in [6, 6.07) is 6.60. The van der Waals surface area contributed by atoms with Crippen LogP contribution in [0.1, 0.15) is 12.8 Å². The summed E-state index contributed by atoms with van der Waals surface area (Å²) in [5, 5.41) is 0. The highest BCUT2D eigenvalue weighted by Crippen LogP contribution is 2.19. The molecule has 0 radical (unpaired) electrons. The summed E-state index contributed by atoms with van der Waals surface area (Å²) in [6.45, 7) is 0. The van der Waals surface area contributed by atoms with E-state index in [4.69, 9.17) is 12.2 Å². The van der Waals surface area contributed by atoms with Crippen molar-refractivity contribution >= 4 is 11.8 Å². The lowest BCUT2D eigenvalue weighted by Gasteiger charge is -2.08. The first-order valence-electron chi connectivity index (χ1n) is 4.80. The van der Waals surface area contributed by atoms with Gasteiger partial charge in [-0.05, 0) is 24.6 Å². The molecule has 0 heterocycles. The Hall–Kier alpha value is -0.980. The number of terminal acetylenes is 1. The van der Waals surface area contributed by atoms with E-state index in [-0.39, 0.29) is 11.9 Å². The van der Waals surface area contributed by atoms with Crippen molar-refractivity contribution < 1.29 is 4.39 Å². The van der Waals surface area contributed by atoms with Crippen molar-refractivity contribution in [1.82, 2.24) is 0 Å². The minimum absolute atomic E-state index is 0.0781. The smallest absolute Gasteiger partial charge is 0.124 e. The highest BCUT2D eigenvalue weighted by Gasteiger charge is 2.03. The van der Waals surface area contributed by atoms with Gasteiger partial charge >= 0.3 is 0 Å². The van der Waals surface area contributed by atoms with Gasteiger partial charge in [-0.2, -0.15) is 0 Å². The van der Waals surface area contributed by atoms with Crippen molar-refractivity contribution in [1.29, 1.82) is 0 Å². The van der Waals surface area contributed by atoms with Gasteiger partial charge in [0.15, 0.2) is 0 Å². The van der Waals surface area contributed by atoms with Crippen LogP contribution in [0.5, 0.6) is 0 Å². The normalized spacial score (nSPS) is 12.1. The molecular weight excluding hydrogens is 209 g/mol. The Morgan fingerprint density at radius 2 is 2.33 bits per heavy atom. The van der Waals surface area contributed by atoms with E-state index in [1.54, 1.807) is 17.8 Å². The molecule has 0 fully saturated rings. The molecule has 0 saturated heterocycles. The Labute approximate surface area is 94.2 Å². The molecule has 0 amide bonds. The van der Waals surface area contributed by atoms with E-state index in [0.717, 1.165) is 17.1 Å². The zero-order valence-electron chi connectivity index (χ0n) is 8.45. The van der Waals surface area contributed by atoms with Crippen LogP contribution in [0.3, 0.4) is 0 Å². The summed E-state index contributed by atoms with van der Waals surface area (Å²) in [5.41, 5.74) is 5.84. The van der Waals surface area contributed by atoms with Gasteiger partial charge < -0.3 is 5.73 Å². The number of thioether (sulfide) groups is 1. The lowest BCUT2D eigenvalue weighted by molar-refractivity contribution is 0.624. The minimum atomic E-state index is -0.211. The summed E-state index contributed by atoms with van der Waals surface area (Å²) in [5.74, 6) is 3.11. The van der Waals surface area contributed by atoms with Crippen molar-refractivity contribution in [3.63, 3.8) is 0 Å². The van der Waals surface area contributed by atoms with Crippen LogP contribution in [0.4, 0.5) is 4.39 Å². The summed E-state index contributed by atoms with van der Waals surface area (Å²) >= 11 is 1.56. The second kappa shape index (κ2) is 6.49. The fourth-order valence-electron chi connectivity index (χ4n) is 1.11. The zero-order valence-corrected chi connectivity index (χ0v) is 9.27. The molecule has 0 bridgehead atoms. The quantitative estimate of drug-likeness (QED) is 0.613. The Balaban J connectivity index is 2.34. The molecule has 0 aliphatic rings. The van der Waals surface area contributed by atoms with Crippen LogP contribution in [0, 0.1) is 18.2 Å². The van der Waals surface area contributed by atoms with Gasteiger partial charge in [0.05, 0.1) is 0 Å². The predicted octanol–water partition coefficient (Wildman–Crippen LogP) is 2.66. The highest BCUT2D eigenvalue weighted by atomic mass is 32.2. The first-order chi connectivity index (χ1) is 7.22. The minimum Gasteiger partial charge on any atom is -0.327 e. The monoisotopic (exact) mass is 223 g/mol. The highest BCUT2D eigenvalue weighted by molar-refractivity contribution is 7.99. The van der Waals surface area contributed by atoms with E-state index >= 15 is 0 Å². The van der Waals surface area contributed by atoms with Gasteiger partial charge in [0.1, 0.15) is 5.82 Å². The Kier molecular flexibility index (Phi) is 5.23. The third-order valence-corrected chi connectivity index (χ3v) is 3.10. The van der Waals surface area contributed by atoms with Gasteiger partial charge in [0, 0.05) is 23.1 Å². The van der Waals surface area contributed by atoms with E-state index in [2.05, 4.69) is 5.92 Å². The van der Waals surface area contributed by atoms with Gasteiger partial charge in [-0.25, -0.2) is 4.39 Å². The second-order valence-electron chi connectivity index (χ2n) is 3.27. The molecule has 1 atom stereocenters. The number of hydrogen-bond donors (Lipinski definition) is 1. The van der Waals surface area contributed by atoms with Crippen LogP contribution in [-0.4, -0.2) is 11.8 Å². The standard InChI is InChI=1S/C12H14FNS/c1-2-3-6-11(14)9-15-12-7-4-5-10(13)8-12/h1,4-5,7-8,11H,3,6,9,14H2. The van der Waals surface area contributed by atoms with Gasteiger partial charge in [0.25, 0.3) is 0 Å². The summed E-state index contributed by atoms with van der Waals surface area (Å²) < 4.78 is 12.8. The van der Waals surface area contributed by atoms with Crippen LogP contribution in [0.2, 0.25) is 0 Å². The lowest BCUT2D eigenvalue weighted by atomic mass is 10.2. The molecule has 15 heavy (non-hydrogen) atoms. The van der Waals surface area contributed by atoms with E-state index in [9.17, 15) is 4.39 Å². The molecule has 1 unspecified atom stereocenters. The van der Waals surface area contributed by atoms with Crippen LogP contribution >= 0.6 is 11.8 Å². The molecule has 0 spiro atoms. The number of halogens is 1. The summed E-state index contributed by atoms with van der Waals surface area (Å²) in [6.07, 6.45) is 6.66. The SMILES string of the molecule is C#CCCC(N)CSc1cccc(F)c1. The number of nitrogens with two attached hydrogens (primary N) is 1. The molecule has 0 aliphatic heterocycles. The predicted molar refractivity (Wildman–Crippen MR) is 63.2 cm³/mol. The van der Waals surface area contributed by atoms with Crippen molar-refractivity contribution in [2.24, 2.45) is 5.73 Å². The van der Waals surface area contributed by atoms with Crippen LogP contribution < -0.4 is 5.73 Å². The van der Waals surface area contributed by atoms with Crippen molar-refractivity contribution in [3.8, 4) is 12.3 Å². The molecule has 1 aromatic rings. The Morgan fingerprint density at radius 1 is 1.53 bits per heavy atom. The number of benzene rings is 1. The maximum absolute atomic E-state index is 12.8. The molecule has 3 heteroatoms. The molecular formula is C12H14FNS. The third kappa shape index (κ3) is 4.87. The number of hydrogen-bond acceptors (Lipinski definition) is 2. The first-order valence-corrected chi connectivity index (χ1v) is 5.78. The average Bonchev–Trinajstić information content (AvgIpc) is 2.23. The summed E-state index contributed by atoms with van der Waals surface area (Å²) in [7, 11) is 0. The van der Waals surface area contributed by atoms with Crippen molar-refractivity contribution in [2.75, 3.05) is 5.75 Å². The van der Waals surface area contributed by atoms with Gasteiger partial charge in [0.2, 0.25) is 0 Å². The fraction of sp³-hybridized carbons (Fsp3) is 0.333. The third-order valence-electron chi connectivity index (χ3n) is 1.92. The topological polar surface area (TPSA) is 26.0 Å². The number of rotatable bonds is 5. The van der Waals surface area contributed by atoms with E-state index < -0.39 is 0 Å². The first kappa shape index (κ1) is 12.1. The van der Waals surface area contributed by atoms with E-state index in [1.165, 1.54) is 12.1 Å². The van der Waals surface area contributed by atoms with Crippen LogP contribution in [0.15, 0.2) is 29.2 Å². The zero-order chi connectivity index (χ0) is 11.1. The molecule has 1 aromatic carbocycles. The largest absolute Gasteiger partial charge is 0.327 e. The Bertz CT molecular complexity index is 346. The van der Waals surface area contributed by atoms with Crippen molar-refractivity contribution in [2.45, 2.75) is 23.8 Å². The molecule has 1 nitrogen and oxygen atoms in total. The molecule has 0 saturated carbocycles. The van der Waals surface area contributed by atoms with Crippen LogP contribution in [0.25, 0.3) is 0 Å². The van der Waals surface area contributed by atoms with Gasteiger partial charge in [-0.3, -0.25) is 0 Å². The van der Waals surface area contributed by atoms with E-state index in [0.29, 0.717) is 6.42 Å². The van der Waals surface area contributed by atoms with Crippen molar-refractivity contribution in [3.05, 3.63) is 30.1 Å². The van der Waals surface area contributed by atoms with E-state index in [1.807, 2.05) is 6.07 Å². The molecule has 0 aromatic heterocycles. The maximum atomic E-state index is 12.8. The fourth-order valence-corrected chi connectivity index (χ4v) is 2.06. The average molecular weight is 223 g/mol. The molecule has 80 valence electrons. The van der Waals surface area contributed by atoms with Crippen LogP contribution in [-0.2, 0) is 0 Å². The van der Waals surface area contributed by atoms with Gasteiger partial charge in [-0.15, -0.1) is 24.1 Å². The molecule has 1 rings (SSSR count). The summed E-state index contributed by atoms with van der Waals surface area (Å²) in [4.78, 5) is 0.908. The molecule has 0 aliphatic carbocycles. The van der Waals surface area contributed by atoms with Gasteiger partial charge in [-0.1, -0.05) is 6.07 Å². The Morgan fingerprint density at radius 3 is 3.00 bits per heavy atom. The maximum Gasteiger partial charge on any atom is 0.124 e. The lowest BCUT2D eigenvalue weighted by Crippen LogP contribution is -2.22. The molecule has 2 N–H and O–H groups in total.